The van der Waals surface area contributed by atoms with Gasteiger partial charge < -0.3 is 5.32 Å². The Labute approximate surface area is 66.4 Å². The number of hydrogen-bond acceptors (Lipinski definition) is 2. The predicted molar refractivity (Wildman–Crippen MR) is 42.7 cm³/mol. The molecule has 62 valence electrons. The van der Waals surface area contributed by atoms with Crippen LogP contribution < -0.4 is 5.32 Å². The van der Waals surface area contributed by atoms with Crippen LogP contribution in [0.1, 0.15) is 6.42 Å². The Morgan fingerprint density at radius 1 is 1.64 bits per heavy atom. The molecular formula is C7H13N3O. The Bertz CT molecular complexity index is 169. The molecule has 0 atom stereocenters. The van der Waals surface area contributed by atoms with Gasteiger partial charge in [-0.2, -0.15) is 0 Å². The van der Waals surface area contributed by atoms with Crippen LogP contribution in [0.15, 0.2) is 12.8 Å². The molecule has 4 heteroatoms. The quantitative estimate of drug-likeness (QED) is 0.594. The van der Waals surface area contributed by atoms with E-state index in [1.165, 1.54) is 0 Å². The molecule has 0 spiro atoms. The van der Waals surface area contributed by atoms with E-state index in [2.05, 4.69) is 11.9 Å². The predicted octanol–water partition coefficient (Wildman–Crippen LogP) is 0.392. The molecule has 0 radical (unpaired) electrons. The molecule has 0 bridgehead atoms. The minimum absolute atomic E-state index is 0.0672. The van der Waals surface area contributed by atoms with Crippen molar-refractivity contribution in [1.82, 2.24) is 15.3 Å². The summed E-state index contributed by atoms with van der Waals surface area (Å²) in [5.74, 6) is 0. The second-order valence-corrected chi connectivity index (χ2v) is 2.38. The molecule has 4 nitrogen and oxygen atoms in total. The highest BCUT2D eigenvalue weighted by molar-refractivity contribution is 5.73. The summed E-state index contributed by atoms with van der Waals surface area (Å²) in [5.41, 5.74) is 0. The van der Waals surface area contributed by atoms with Gasteiger partial charge in [0.1, 0.15) is 0 Å². The number of carbonyl (C=O) groups is 1. The summed E-state index contributed by atoms with van der Waals surface area (Å²) >= 11 is 0. The minimum atomic E-state index is -0.0672. The van der Waals surface area contributed by atoms with Crippen molar-refractivity contribution in [3.05, 3.63) is 12.8 Å². The lowest BCUT2D eigenvalue weighted by Gasteiger charge is -2.25. The van der Waals surface area contributed by atoms with Crippen LogP contribution in [-0.4, -0.2) is 36.2 Å². The summed E-state index contributed by atoms with van der Waals surface area (Å²) in [6.07, 6.45) is 2.68. The lowest BCUT2D eigenvalue weighted by Crippen LogP contribution is -2.42. The highest BCUT2D eigenvalue weighted by Gasteiger charge is 2.22. The first-order chi connectivity index (χ1) is 5.29. The Morgan fingerprint density at radius 3 is 2.91 bits per heavy atom. The fourth-order valence-electron chi connectivity index (χ4n) is 1.17. The molecule has 0 saturated carbocycles. The number of nitrogens with one attached hydrogen (secondary N) is 1. The molecule has 0 unspecified atom stereocenters. The highest BCUT2D eigenvalue weighted by atomic mass is 16.2. The monoisotopic (exact) mass is 155 g/mol. The Morgan fingerprint density at radius 2 is 2.36 bits per heavy atom. The standard InChI is InChI=1S/C7H13N3O/c1-3-9-5-4-6-10(9)7(11)8-2/h3H,1,4-6H2,2H3,(H,8,11). The van der Waals surface area contributed by atoms with Crippen molar-refractivity contribution in [3.63, 3.8) is 0 Å². The van der Waals surface area contributed by atoms with Crippen LogP contribution >= 0.6 is 0 Å². The van der Waals surface area contributed by atoms with Crippen LogP contribution in [0.2, 0.25) is 0 Å². The zero-order valence-electron chi connectivity index (χ0n) is 6.71. The molecule has 1 saturated heterocycles. The van der Waals surface area contributed by atoms with Gasteiger partial charge in [-0.25, -0.2) is 9.80 Å². The van der Waals surface area contributed by atoms with E-state index in [1.807, 2.05) is 5.01 Å². The zero-order chi connectivity index (χ0) is 8.27. The van der Waals surface area contributed by atoms with E-state index in [-0.39, 0.29) is 6.03 Å². The molecule has 1 aliphatic rings. The summed E-state index contributed by atoms with van der Waals surface area (Å²) < 4.78 is 0. The van der Waals surface area contributed by atoms with E-state index in [0.29, 0.717) is 0 Å². The van der Waals surface area contributed by atoms with Crippen molar-refractivity contribution < 1.29 is 4.79 Å². The minimum Gasteiger partial charge on any atom is -0.340 e. The average Bonchev–Trinajstić information content (AvgIpc) is 2.50. The van der Waals surface area contributed by atoms with Gasteiger partial charge >= 0.3 is 6.03 Å². The van der Waals surface area contributed by atoms with E-state index in [4.69, 9.17) is 0 Å². The Hall–Kier alpha value is -1.19. The van der Waals surface area contributed by atoms with Gasteiger partial charge in [0.2, 0.25) is 0 Å². The number of hydrazine groups is 1. The van der Waals surface area contributed by atoms with E-state index < -0.39 is 0 Å². The van der Waals surface area contributed by atoms with E-state index in [0.717, 1.165) is 19.5 Å². The summed E-state index contributed by atoms with van der Waals surface area (Å²) in [7, 11) is 1.63. The third kappa shape index (κ3) is 1.45. The second-order valence-electron chi connectivity index (χ2n) is 2.38. The van der Waals surface area contributed by atoms with E-state index >= 15 is 0 Å². The fraction of sp³-hybridized carbons (Fsp3) is 0.571. The largest absolute Gasteiger partial charge is 0.340 e. The first kappa shape index (κ1) is 7.91. The molecule has 0 aromatic rings. The van der Waals surface area contributed by atoms with Gasteiger partial charge in [-0.15, -0.1) is 0 Å². The van der Waals surface area contributed by atoms with Crippen LogP contribution in [0.3, 0.4) is 0 Å². The second kappa shape index (κ2) is 3.27. The van der Waals surface area contributed by atoms with Gasteiger partial charge in [0, 0.05) is 26.3 Å². The van der Waals surface area contributed by atoms with Crippen LogP contribution in [0.4, 0.5) is 4.79 Å². The zero-order valence-corrected chi connectivity index (χ0v) is 6.71. The summed E-state index contributed by atoms with van der Waals surface area (Å²) in [6, 6.07) is -0.0672. The summed E-state index contributed by atoms with van der Waals surface area (Å²) in [6.45, 7) is 5.28. The van der Waals surface area contributed by atoms with Crippen molar-refractivity contribution in [3.8, 4) is 0 Å². The molecule has 0 aromatic heterocycles. The number of nitrogens with zero attached hydrogens (tertiary/aromatic N) is 2. The van der Waals surface area contributed by atoms with Crippen molar-refractivity contribution in [1.29, 1.82) is 0 Å². The maximum absolute atomic E-state index is 11.1. The van der Waals surface area contributed by atoms with Crippen LogP contribution in [-0.2, 0) is 0 Å². The van der Waals surface area contributed by atoms with Crippen molar-refractivity contribution in [2.75, 3.05) is 20.1 Å². The molecule has 11 heavy (non-hydrogen) atoms. The number of hydrogen-bond donors (Lipinski definition) is 1. The van der Waals surface area contributed by atoms with Crippen LogP contribution in [0.5, 0.6) is 0 Å². The normalized spacial score (nSPS) is 16.8. The smallest absolute Gasteiger partial charge is 0.335 e. The number of rotatable bonds is 1. The van der Waals surface area contributed by atoms with Gasteiger partial charge in [0.25, 0.3) is 0 Å². The highest BCUT2D eigenvalue weighted by Crippen LogP contribution is 2.09. The number of urea groups is 1. The maximum atomic E-state index is 11.1. The van der Waals surface area contributed by atoms with E-state index in [1.54, 1.807) is 18.3 Å². The van der Waals surface area contributed by atoms with Gasteiger partial charge in [-0.05, 0) is 6.42 Å². The van der Waals surface area contributed by atoms with Crippen molar-refractivity contribution in [2.45, 2.75) is 6.42 Å². The molecule has 1 N–H and O–H groups in total. The maximum Gasteiger partial charge on any atom is 0.335 e. The molecule has 1 fully saturated rings. The third-order valence-electron chi connectivity index (χ3n) is 1.73. The molecule has 2 amide bonds. The Balaban J connectivity index is 2.56. The third-order valence-corrected chi connectivity index (χ3v) is 1.73. The molecular weight excluding hydrogens is 142 g/mol. The van der Waals surface area contributed by atoms with Gasteiger partial charge in [0.15, 0.2) is 0 Å². The number of amides is 2. The summed E-state index contributed by atoms with van der Waals surface area (Å²) in [4.78, 5) is 11.1. The average molecular weight is 155 g/mol. The topological polar surface area (TPSA) is 35.6 Å². The van der Waals surface area contributed by atoms with Gasteiger partial charge in [-0.1, -0.05) is 6.58 Å². The van der Waals surface area contributed by atoms with Crippen LogP contribution in [0.25, 0.3) is 0 Å². The van der Waals surface area contributed by atoms with Crippen molar-refractivity contribution >= 4 is 6.03 Å². The van der Waals surface area contributed by atoms with Gasteiger partial charge in [-0.3, -0.25) is 5.01 Å². The molecule has 1 heterocycles. The Kier molecular flexibility index (Phi) is 2.36. The van der Waals surface area contributed by atoms with Crippen LogP contribution in [0, 0.1) is 0 Å². The van der Waals surface area contributed by atoms with E-state index in [9.17, 15) is 4.79 Å². The molecule has 0 aliphatic carbocycles. The lowest BCUT2D eigenvalue weighted by atomic mass is 10.5. The lowest BCUT2D eigenvalue weighted by molar-refractivity contribution is 0.109. The van der Waals surface area contributed by atoms with Gasteiger partial charge in [0.05, 0.1) is 0 Å². The first-order valence-electron chi connectivity index (χ1n) is 3.68. The number of carbonyl (C=O) groups excluding carboxylic acids is 1. The molecule has 1 rings (SSSR count). The molecule has 1 aliphatic heterocycles. The fourth-order valence-corrected chi connectivity index (χ4v) is 1.17. The first-order valence-corrected chi connectivity index (χ1v) is 3.68. The SMILES string of the molecule is C=CN1CCCN1C(=O)NC. The molecule has 0 aromatic carbocycles. The van der Waals surface area contributed by atoms with Crippen molar-refractivity contribution in [2.24, 2.45) is 0 Å². The summed E-state index contributed by atoms with van der Waals surface area (Å²) in [5, 5.41) is 6.03.